The van der Waals surface area contributed by atoms with Gasteiger partial charge in [-0.05, 0) is 28.9 Å². The van der Waals surface area contributed by atoms with Gasteiger partial charge < -0.3 is 10.2 Å². The highest BCUT2D eigenvalue weighted by Gasteiger charge is 2.27. The van der Waals surface area contributed by atoms with Crippen LogP contribution in [0.3, 0.4) is 0 Å². The largest absolute Gasteiger partial charge is 0.350 e. The first-order valence-electron chi connectivity index (χ1n) is 10.9. The lowest BCUT2D eigenvalue weighted by molar-refractivity contribution is -0.139. The van der Waals surface area contributed by atoms with Crippen LogP contribution in [-0.4, -0.2) is 28.5 Å². The molecule has 1 unspecified atom stereocenters. The Morgan fingerprint density at radius 1 is 0.812 bits per heavy atom. The molecule has 166 valence electrons. The number of nitrogens with one attached hydrogen (secondary N) is 1. The quantitative estimate of drug-likeness (QED) is 0.420. The minimum Gasteiger partial charge on any atom is -0.350 e. The Morgan fingerprint density at radius 3 is 1.91 bits per heavy atom. The molecular formula is C27H30N2O2S. The molecule has 0 aromatic heterocycles. The molecule has 0 bridgehead atoms. The summed E-state index contributed by atoms with van der Waals surface area (Å²) in [6, 6.07) is 29.4. The fraction of sp³-hybridized carbons (Fsp3) is 0.259. The van der Waals surface area contributed by atoms with Crippen LogP contribution >= 0.6 is 11.8 Å². The summed E-state index contributed by atoms with van der Waals surface area (Å²) < 4.78 is 0. The number of benzene rings is 3. The average molecular weight is 447 g/mol. The Morgan fingerprint density at radius 2 is 1.34 bits per heavy atom. The summed E-state index contributed by atoms with van der Waals surface area (Å²) in [6.07, 6.45) is 0.602. The first-order valence-corrected chi connectivity index (χ1v) is 12.0. The molecule has 1 atom stereocenters. The Kier molecular flexibility index (Phi) is 9.38. The van der Waals surface area contributed by atoms with E-state index < -0.39 is 6.04 Å². The van der Waals surface area contributed by atoms with Gasteiger partial charge in [-0.1, -0.05) is 91.0 Å². The minimum atomic E-state index is -0.514. The summed E-state index contributed by atoms with van der Waals surface area (Å²) in [6.45, 7) is 2.41. The van der Waals surface area contributed by atoms with E-state index >= 15 is 0 Å². The fourth-order valence-corrected chi connectivity index (χ4v) is 4.47. The van der Waals surface area contributed by atoms with Gasteiger partial charge in [0.15, 0.2) is 0 Å². The summed E-state index contributed by atoms with van der Waals surface area (Å²) in [7, 11) is 0. The maximum atomic E-state index is 13.2. The van der Waals surface area contributed by atoms with Crippen molar-refractivity contribution in [2.24, 2.45) is 0 Å². The zero-order valence-electron chi connectivity index (χ0n) is 18.4. The third-order valence-corrected chi connectivity index (χ3v) is 6.30. The van der Waals surface area contributed by atoms with Crippen LogP contribution in [0, 0.1) is 0 Å². The van der Waals surface area contributed by atoms with E-state index in [9.17, 15) is 9.59 Å². The third-order valence-electron chi connectivity index (χ3n) is 5.24. The smallest absolute Gasteiger partial charge is 0.243 e. The summed E-state index contributed by atoms with van der Waals surface area (Å²) in [4.78, 5) is 27.5. The van der Waals surface area contributed by atoms with Crippen LogP contribution in [0.15, 0.2) is 91.0 Å². The lowest BCUT2D eigenvalue weighted by Crippen LogP contribution is -2.48. The standard InChI is InChI=1S/C27H30N2O2S/c1-22(30)29(20-24-13-7-3-8-14-24)26(17-18-32-21-25-15-9-4-10-16-25)27(31)28-19-23-11-5-2-6-12-23/h2-16,26H,17-21H2,1H3,(H,28,31). The van der Waals surface area contributed by atoms with Crippen molar-refractivity contribution in [2.45, 2.75) is 38.2 Å². The maximum absolute atomic E-state index is 13.2. The highest BCUT2D eigenvalue weighted by Crippen LogP contribution is 2.18. The molecule has 0 saturated heterocycles. The Balaban J connectivity index is 1.67. The first kappa shape index (κ1) is 23.6. The van der Waals surface area contributed by atoms with Crippen molar-refractivity contribution >= 4 is 23.6 Å². The van der Waals surface area contributed by atoms with Crippen molar-refractivity contribution in [3.63, 3.8) is 0 Å². The van der Waals surface area contributed by atoms with Crippen molar-refractivity contribution in [3.05, 3.63) is 108 Å². The zero-order chi connectivity index (χ0) is 22.6. The zero-order valence-corrected chi connectivity index (χ0v) is 19.3. The van der Waals surface area contributed by atoms with E-state index in [1.165, 1.54) is 12.5 Å². The van der Waals surface area contributed by atoms with Gasteiger partial charge in [0, 0.05) is 25.8 Å². The summed E-state index contributed by atoms with van der Waals surface area (Å²) >= 11 is 1.78. The molecule has 0 aliphatic heterocycles. The molecule has 3 rings (SSSR count). The van der Waals surface area contributed by atoms with Crippen molar-refractivity contribution < 1.29 is 9.59 Å². The number of amides is 2. The molecule has 0 spiro atoms. The average Bonchev–Trinajstić information content (AvgIpc) is 2.83. The third kappa shape index (κ3) is 7.57. The predicted molar refractivity (Wildman–Crippen MR) is 132 cm³/mol. The van der Waals surface area contributed by atoms with Crippen LogP contribution in [0.25, 0.3) is 0 Å². The van der Waals surface area contributed by atoms with Crippen LogP contribution in [0.1, 0.15) is 30.0 Å². The van der Waals surface area contributed by atoms with Gasteiger partial charge >= 0.3 is 0 Å². The van der Waals surface area contributed by atoms with Gasteiger partial charge in [0.05, 0.1) is 0 Å². The van der Waals surface area contributed by atoms with Crippen LogP contribution in [0.5, 0.6) is 0 Å². The van der Waals surface area contributed by atoms with Crippen LogP contribution in [-0.2, 0) is 28.4 Å². The molecule has 3 aromatic carbocycles. The molecule has 32 heavy (non-hydrogen) atoms. The van der Waals surface area contributed by atoms with E-state index in [1.54, 1.807) is 16.7 Å². The minimum absolute atomic E-state index is 0.0956. The molecule has 4 nitrogen and oxygen atoms in total. The summed E-state index contributed by atoms with van der Waals surface area (Å²) in [5.74, 6) is 1.47. The van der Waals surface area contributed by atoms with E-state index in [1.807, 2.05) is 78.9 Å². The topological polar surface area (TPSA) is 49.4 Å². The summed E-state index contributed by atoms with van der Waals surface area (Å²) in [5.41, 5.74) is 3.31. The lowest BCUT2D eigenvalue weighted by Gasteiger charge is -2.30. The van der Waals surface area contributed by atoms with Crippen molar-refractivity contribution in [3.8, 4) is 0 Å². The second-order valence-corrected chi connectivity index (χ2v) is 8.78. The molecule has 3 aromatic rings. The number of nitrogens with zero attached hydrogens (tertiary/aromatic N) is 1. The van der Waals surface area contributed by atoms with E-state index in [0.717, 1.165) is 22.6 Å². The van der Waals surface area contributed by atoms with Gasteiger partial charge in [0.1, 0.15) is 6.04 Å². The van der Waals surface area contributed by atoms with Crippen LogP contribution in [0.2, 0.25) is 0 Å². The molecule has 0 heterocycles. The molecule has 1 N–H and O–H groups in total. The molecule has 0 aliphatic rings. The number of hydrogen-bond donors (Lipinski definition) is 1. The summed E-state index contributed by atoms with van der Waals surface area (Å²) in [5, 5.41) is 3.04. The second-order valence-electron chi connectivity index (χ2n) is 7.68. The van der Waals surface area contributed by atoms with E-state index in [0.29, 0.717) is 19.5 Å². The molecule has 0 aliphatic carbocycles. The number of carbonyl (C=O) groups excluding carboxylic acids is 2. The van der Waals surface area contributed by atoms with Gasteiger partial charge in [0.2, 0.25) is 11.8 Å². The number of carbonyl (C=O) groups is 2. The van der Waals surface area contributed by atoms with Gasteiger partial charge in [-0.3, -0.25) is 9.59 Å². The normalized spacial score (nSPS) is 11.5. The van der Waals surface area contributed by atoms with Crippen molar-refractivity contribution in [2.75, 3.05) is 5.75 Å². The number of rotatable bonds is 11. The number of thioether (sulfide) groups is 1. The maximum Gasteiger partial charge on any atom is 0.243 e. The monoisotopic (exact) mass is 446 g/mol. The van der Waals surface area contributed by atoms with Gasteiger partial charge in [0.25, 0.3) is 0 Å². The Labute approximate surface area is 195 Å². The van der Waals surface area contributed by atoms with Crippen molar-refractivity contribution in [1.82, 2.24) is 10.2 Å². The first-order chi connectivity index (χ1) is 15.6. The van der Waals surface area contributed by atoms with Crippen LogP contribution < -0.4 is 5.32 Å². The lowest BCUT2D eigenvalue weighted by atomic mass is 10.1. The SMILES string of the molecule is CC(=O)N(Cc1ccccc1)C(CCSCc1ccccc1)C(=O)NCc1ccccc1. The van der Waals surface area contributed by atoms with Gasteiger partial charge in [-0.25, -0.2) is 0 Å². The van der Waals surface area contributed by atoms with Crippen LogP contribution in [0.4, 0.5) is 0 Å². The molecule has 2 amide bonds. The molecule has 5 heteroatoms. The Bertz CT molecular complexity index is 965. The Hall–Kier alpha value is -3.05. The molecule has 0 radical (unpaired) electrons. The molecule has 0 fully saturated rings. The number of hydrogen-bond acceptors (Lipinski definition) is 3. The second kappa shape index (κ2) is 12.7. The van der Waals surface area contributed by atoms with Crippen molar-refractivity contribution in [1.29, 1.82) is 0 Å². The fourth-order valence-electron chi connectivity index (χ4n) is 3.51. The molecular weight excluding hydrogens is 416 g/mol. The highest BCUT2D eigenvalue weighted by molar-refractivity contribution is 7.98. The molecule has 0 saturated carbocycles. The van der Waals surface area contributed by atoms with Gasteiger partial charge in [-0.15, -0.1) is 0 Å². The van der Waals surface area contributed by atoms with E-state index in [2.05, 4.69) is 17.4 Å². The van der Waals surface area contributed by atoms with E-state index in [4.69, 9.17) is 0 Å². The highest BCUT2D eigenvalue weighted by atomic mass is 32.2. The van der Waals surface area contributed by atoms with E-state index in [-0.39, 0.29) is 11.8 Å². The predicted octanol–water partition coefficient (Wildman–Crippen LogP) is 5.04. The van der Waals surface area contributed by atoms with Gasteiger partial charge in [-0.2, -0.15) is 11.8 Å².